The van der Waals surface area contributed by atoms with E-state index in [9.17, 15) is 0 Å². The molecule has 0 bridgehead atoms. The maximum absolute atomic E-state index is 5.16. The quantitative estimate of drug-likeness (QED) is 0.943. The van der Waals surface area contributed by atoms with Gasteiger partial charge in [-0.1, -0.05) is 6.07 Å². The average molecular weight is 300 g/mol. The molecular formula is C10H10BrN3OS. The number of ether oxygens (including phenoxy) is 1. The third kappa shape index (κ3) is 2.70. The molecule has 16 heavy (non-hydrogen) atoms. The normalized spacial score (nSPS) is 10.1. The highest BCUT2D eigenvalue weighted by atomic mass is 79.9. The van der Waals surface area contributed by atoms with Gasteiger partial charge in [0.2, 0.25) is 5.88 Å². The van der Waals surface area contributed by atoms with Gasteiger partial charge in [0.05, 0.1) is 7.11 Å². The van der Waals surface area contributed by atoms with E-state index in [4.69, 9.17) is 4.74 Å². The van der Waals surface area contributed by atoms with Gasteiger partial charge in [0.15, 0.2) is 5.13 Å². The van der Waals surface area contributed by atoms with E-state index in [0.29, 0.717) is 12.4 Å². The molecule has 2 heterocycles. The van der Waals surface area contributed by atoms with Crippen molar-refractivity contribution in [2.45, 2.75) is 6.54 Å². The van der Waals surface area contributed by atoms with Crippen LogP contribution in [0.1, 0.15) is 5.56 Å². The minimum Gasteiger partial charge on any atom is -0.481 e. The lowest BCUT2D eigenvalue weighted by atomic mass is 10.3. The second-order valence-corrected chi connectivity index (χ2v) is 4.67. The third-order valence-corrected chi connectivity index (χ3v) is 3.46. The van der Waals surface area contributed by atoms with Crippen LogP contribution in [0.3, 0.4) is 0 Å². The topological polar surface area (TPSA) is 47.0 Å². The van der Waals surface area contributed by atoms with Crippen molar-refractivity contribution in [3.05, 3.63) is 33.9 Å². The van der Waals surface area contributed by atoms with Crippen molar-refractivity contribution >= 4 is 32.4 Å². The Labute approximate surface area is 106 Å². The van der Waals surface area contributed by atoms with E-state index in [-0.39, 0.29) is 0 Å². The Kier molecular flexibility index (Phi) is 3.74. The van der Waals surface area contributed by atoms with E-state index in [1.165, 1.54) is 0 Å². The van der Waals surface area contributed by atoms with E-state index in [0.717, 1.165) is 15.3 Å². The fourth-order valence-corrected chi connectivity index (χ4v) is 2.39. The molecule has 6 heteroatoms. The fraction of sp³-hybridized carbons (Fsp3) is 0.200. The van der Waals surface area contributed by atoms with Crippen LogP contribution in [0.2, 0.25) is 0 Å². The van der Waals surface area contributed by atoms with E-state index >= 15 is 0 Å². The van der Waals surface area contributed by atoms with Gasteiger partial charge in [-0.3, -0.25) is 0 Å². The van der Waals surface area contributed by atoms with Gasteiger partial charge in [-0.2, -0.15) is 0 Å². The molecule has 0 spiro atoms. The number of anilines is 1. The molecule has 0 aliphatic rings. The lowest BCUT2D eigenvalue weighted by molar-refractivity contribution is 0.393. The van der Waals surface area contributed by atoms with Crippen molar-refractivity contribution < 1.29 is 4.74 Å². The number of hydrogen-bond donors (Lipinski definition) is 1. The monoisotopic (exact) mass is 299 g/mol. The van der Waals surface area contributed by atoms with Gasteiger partial charge >= 0.3 is 0 Å². The summed E-state index contributed by atoms with van der Waals surface area (Å²) in [6.07, 6.45) is 1.71. The highest BCUT2D eigenvalue weighted by Crippen LogP contribution is 2.21. The summed E-state index contributed by atoms with van der Waals surface area (Å²) in [5, 5.41) is 6.02. The number of thiazole rings is 1. The summed E-state index contributed by atoms with van der Waals surface area (Å²) in [6.45, 7) is 0.650. The number of nitrogens with one attached hydrogen (secondary N) is 1. The molecule has 0 aromatic carbocycles. The molecule has 84 valence electrons. The molecule has 0 saturated heterocycles. The second-order valence-electron chi connectivity index (χ2n) is 3.00. The second kappa shape index (κ2) is 5.27. The highest BCUT2D eigenvalue weighted by molar-refractivity contribution is 9.10. The van der Waals surface area contributed by atoms with Crippen LogP contribution in [0.5, 0.6) is 5.88 Å². The summed E-state index contributed by atoms with van der Waals surface area (Å²) >= 11 is 4.86. The van der Waals surface area contributed by atoms with Crippen LogP contribution in [0, 0.1) is 0 Å². The van der Waals surface area contributed by atoms with Gasteiger partial charge < -0.3 is 10.1 Å². The summed E-state index contributed by atoms with van der Waals surface area (Å²) in [5.41, 5.74) is 1.01. The Morgan fingerprint density at radius 2 is 2.44 bits per heavy atom. The smallest absolute Gasteiger partial charge is 0.218 e. The molecule has 1 N–H and O–H groups in total. The minimum absolute atomic E-state index is 0.644. The van der Waals surface area contributed by atoms with Gasteiger partial charge in [0.1, 0.15) is 4.60 Å². The van der Waals surface area contributed by atoms with Crippen molar-refractivity contribution in [2.75, 3.05) is 12.4 Å². The van der Waals surface area contributed by atoms with Crippen LogP contribution < -0.4 is 10.1 Å². The van der Waals surface area contributed by atoms with E-state index in [1.807, 2.05) is 17.5 Å². The first-order valence-corrected chi connectivity index (χ1v) is 6.29. The van der Waals surface area contributed by atoms with Crippen molar-refractivity contribution in [1.29, 1.82) is 0 Å². The van der Waals surface area contributed by atoms with Crippen LogP contribution in [0.4, 0.5) is 5.13 Å². The average Bonchev–Trinajstić information content (AvgIpc) is 2.73. The van der Waals surface area contributed by atoms with Gasteiger partial charge in [0, 0.05) is 23.7 Å². The molecule has 0 radical (unpaired) electrons. The summed E-state index contributed by atoms with van der Waals surface area (Å²) in [4.78, 5) is 8.37. The number of hydrogen-bond acceptors (Lipinski definition) is 5. The molecule has 0 amide bonds. The van der Waals surface area contributed by atoms with Crippen molar-refractivity contribution in [1.82, 2.24) is 9.97 Å². The molecule has 0 fully saturated rings. The van der Waals surface area contributed by atoms with Crippen LogP contribution >= 0.6 is 27.3 Å². The van der Waals surface area contributed by atoms with Gasteiger partial charge in [-0.15, -0.1) is 11.3 Å². The van der Waals surface area contributed by atoms with Crippen LogP contribution in [-0.4, -0.2) is 17.1 Å². The molecule has 2 aromatic heterocycles. The first-order valence-electron chi connectivity index (χ1n) is 4.62. The Hall–Kier alpha value is -1.14. The molecule has 0 aliphatic heterocycles. The van der Waals surface area contributed by atoms with Gasteiger partial charge in [-0.05, 0) is 22.0 Å². The van der Waals surface area contributed by atoms with Crippen molar-refractivity contribution in [3.8, 4) is 5.88 Å². The highest BCUT2D eigenvalue weighted by Gasteiger charge is 2.04. The Bertz CT molecular complexity index is 475. The molecule has 4 nitrogen and oxygen atoms in total. The molecule has 0 saturated carbocycles. The molecule has 2 aromatic rings. The zero-order valence-electron chi connectivity index (χ0n) is 8.61. The SMILES string of the molecule is COc1ncccc1CNc1nc(Br)cs1. The molecule has 2 rings (SSSR count). The molecule has 0 aliphatic carbocycles. The Morgan fingerprint density at radius 1 is 1.56 bits per heavy atom. The number of rotatable bonds is 4. The van der Waals surface area contributed by atoms with Gasteiger partial charge in [-0.25, -0.2) is 9.97 Å². The third-order valence-electron chi connectivity index (χ3n) is 1.95. The van der Waals surface area contributed by atoms with Crippen molar-refractivity contribution in [3.63, 3.8) is 0 Å². The first-order chi connectivity index (χ1) is 7.79. The summed E-state index contributed by atoms with van der Waals surface area (Å²) < 4.78 is 6.01. The minimum atomic E-state index is 0.644. The zero-order valence-corrected chi connectivity index (χ0v) is 11.0. The van der Waals surface area contributed by atoms with E-state index in [2.05, 4.69) is 31.2 Å². The zero-order chi connectivity index (χ0) is 11.4. The number of methoxy groups -OCH3 is 1. The number of aromatic nitrogens is 2. The Balaban J connectivity index is 2.04. The van der Waals surface area contributed by atoms with Crippen molar-refractivity contribution in [2.24, 2.45) is 0 Å². The van der Waals surface area contributed by atoms with E-state index < -0.39 is 0 Å². The predicted octanol–water partition coefficient (Wildman–Crippen LogP) is 2.92. The predicted molar refractivity (Wildman–Crippen MR) is 67.9 cm³/mol. The maximum Gasteiger partial charge on any atom is 0.218 e. The first kappa shape index (κ1) is 11.3. The van der Waals surface area contributed by atoms with Crippen LogP contribution in [0.15, 0.2) is 28.3 Å². The summed E-state index contributed by atoms with van der Waals surface area (Å²) in [7, 11) is 1.62. The van der Waals surface area contributed by atoms with E-state index in [1.54, 1.807) is 24.6 Å². The lowest BCUT2D eigenvalue weighted by Gasteiger charge is -2.06. The van der Waals surface area contributed by atoms with Crippen LogP contribution in [-0.2, 0) is 6.54 Å². The van der Waals surface area contributed by atoms with Crippen LogP contribution in [0.25, 0.3) is 0 Å². The fourth-order valence-electron chi connectivity index (χ4n) is 1.25. The largest absolute Gasteiger partial charge is 0.481 e. The summed E-state index contributed by atoms with van der Waals surface area (Å²) in [6, 6.07) is 3.86. The summed E-state index contributed by atoms with van der Waals surface area (Å²) in [5.74, 6) is 0.644. The Morgan fingerprint density at radius 3 is 3.12 bits per heavy atom. The molecule has 0 unspecified atom stereocenters. The molecular weight excluding hydrogens is 290 g/mol. The number of nitrogens with zero attached hydrogens (tertiary/aromatic N) is 2. The lowest BCUT2D eigenvalue weighted by Crippen LogP contribution is -2.02. The number of pyridine rings is 1. The van der Waals surface area contributed by atoms with Gasteiger partial charge in [0.25, 0.3) is 0 Å². The molecule has 0 atom stereocenters. The number of halogens is 1. The standard InChI is InChI=1S/C10H10BrN3OS/c1-15-9-7(3-2-4-12-9)5-13-10-14-8(11)6-16-10/h2-4,6H,5H2,1H3,(H,13,14). The maximum atomic E-state index is 5.16.